The quantitative estimate of drug-likeness (QED) is 0.811. The second-order valence-corrected chi connectivity index (χ2v) is 6.20. The Kier molecular flexibility index (Phi) is 6.12. The Balaban J connectivity index is 2.45. The van der Waals surface area contributed by atoms with Crippen molar-refractivity contribution in [2.24, 2.45) is 11.1 Å². The molecule has 102 valence electrons. The molecule has 0 atom stereocenters. The Morgan fingerprint density at radius 2 is 2.11 bits per heavy atom. The van der Waals surface area contributed by atoms with Crippen molar-refractivity contribution in [3.05, 3.63) is 21.3 Å². The van der Waals surface area contributed by atoms with Crippen molar-refractivity contribution < 1.29 is 4.79 Å². The van der Waals surface area contributed by atoms with Crippen molar-refractivity contribution >= 4 is 28.8 Å². The van der Waals surface area contributed by atoms with E-state index in [-0.39, 0.29) is 5.91 Å². The van der Waals surface area contributed by atoms with E-state index in [1.54, 1.807) is 11.3 Å². The van der Waals surface area contributed by atoms with Gasteiger partial charge in [0.05, 0.1) is 9.75 Å². The Morgan fingerprint density at radius 3 is 2.56 bits per heavy atom. The topological polar surface area (TPSA) is 55.1 Å². The van der Waals surface area contributed by atoms with Crippen molar-refractivity contribution in [2.75, 3.05) is 13.1 Å². The second kappa shape index (κ2) is 7.12. The van der Waals surface area contributed by atoms with Gasteiger partial charge in [0.2, 0.25) is 5.91 Å². The van der Waals surface area contributed by atoms with Crippen molar-refractivity contribution in [1.82, 2.24) is 5.32 Å². The molecule has 18 heavy (non-hydrogen) atoms. The van der Waals surface area contributed by atoms with Crippen LogP contribution in [-0.4, -0.2) is 19.0 Å². The molecule has 3 N–H and O–H groups in total. The first-order chi connectivity index (χ1) is 8.57. The Morgan fingerprint density at radius 1 is 1.44 bits per heavy atom. The molecular weight excluding hydrogens is 268 g/mol. The first-order valence-corrected chi connectivity index (χ1v) is 7.50. The summed E-state index contributed by atoms with van der Waals surface area (Å²) in [6, 6.07) is 3.88. The van der Waals surface area contributed by atoms with Crippen molar-refractivity contribution in [1.29, 1.82) is 0 Å². The molecule has 1 amide bonds. The zero-order chi connectivity index (χ0) is 13.6. The van der Waals surface area contributed by atoms with Crippen LogP contribution in [0.1, 0.15) is 31.6 Å². The lowest BCUT2D eigenvalue weighted by molar-refractivity contribution is -0.130. The van der Waals surface area contributed by atoms with Crippen molar-refractivity contribution in [2.45, 2.75) is 33.1 Å². The van der Waals surface area contributed by atoms with E-state index in [1.165, 1.54) is 4.88 Å². The lowest BCUT2D eigenvalue weighted by Crippen LogP contribution is -2.45. The number of carbonyl (C=O) groups excluding carboxylic acids is 1. The highest BCUT2D eigenvalue weighted by atomic mass is 35.5. The molecular formula is C13H21ClN2OS. The van der Waals surface area contributed by atoms with E-state index in [9.17, 15) is 4.79 Å². The SMILES string of the molecule is CCC(CC)(CN)C(=O)NCCc1ccc(Cl)s1. The Hall–Kier alpha value is -0.580. The molecule has 0 spiro atoms. The van der Waals surface area contributed by atoms with Crippen LogP contribution < -0.4 is 11.1 Å². The van der Waals surface area contributed by atoms with Crippen LogP contribution in [0.2, 0.25) is 4.34 Å². The fourth-order valence-electron chi connectivity index (χ4n) is 1.93. The summed E-state index contributed by atoms with van der Waals surface area (Å²) in [6.07, 6.45) is 2.37. The van der Waals surface area contributed by atoms with Crippen molar-refractivity contribution in [3.8, 4) is 0 Å². The number of amides is 1. The first kappa shape index (κ1) is 15.5. The smallest absolute Gasteiger partial charge is 0.227 e. The van der Waals surface area contributed by atoms with Crippen LogP contribution in [0.4, 0.5) is 0 Å². The summed E-state index contributed by atoms with van der Waals surface area (Å²) in [5.74, 6) is 0.0673. The van der Waals surface area contributed by atoms with E-state index in [2.05, 4.69) is 5.32 Å². The molecule has 0 aliphatic carbocycles. The summed E-state index contributed by atoms with van der Waals surface area (Å²) in [7, 11) is 0. The number of halogens is 1. The molecule has 0 radical (unpaired) electrons. The number of nitrogens with two attached hydrogens (primary N) is 1. The molecule has 1 aromatic heterocycles. The van der Waals surface area contributed by atoms with Gasteiger partial charge in [-0.25, -0.2) is 0 Å². The van der Waals surface area contributed by atoms with Crippen LogP contribution in [0.25, 0.3) is 0 Å². The number of hydrogen-bond donors (Lipinski definition) is 2. The van der Waals surface area contributed by atoms with Gasteiger partial charge in [0, 0.05) is 18.0 Å². The highest BCUT2D eigenvalue weighted by Gasteiger charge is 2.32. The van der Waals surface area contributed by atoms with Gasteiger partial charge in [-0.05, 0) is 31.4 Å². The largest absolute Gasteiger partial charge is 0.355 e. The first-order valence-electron chi connectivity index (χ1n) is 6.30. The fraction of sp³-hybridized carbons (Fsp3) is 0.615. The molecule has 0 aliphatic heterocycles. The highest BCUT2D eigenvalue weighted by Crippen LogP contribution is 2.25. The van der Waals surface area contributed by atoms with Gasteiger partial charge in [-0.15, -0.1) is 11.3 Å². The van der Waals surface area contributed by atoms with Gasteiger partial charge in [0.15, 0.2) is 0 Å². The van der Waals surface area contributed by atoms with Gasteiger partial charge in [-0.2, -0.15) is 0 Å². The Labute approximate surface area is 118 Å². The van der Waals surface area contributed by atoms with Gasteiger partial charge in [-0.1, -0.05) is 25.4 Å². The molecule has 0 saturated carbocycles. The predicted octanol–water partition coefficient (Wildman–Crippen LogP) is 2.83. The molecule has 1 rings (SSSR count). The number of hydrogen-bond acceptors (Lipinski definition) is 3. The summed E-state index contributed by atoms with van der Waals surface area (Å²) >= 11 is 7.41. The number of nitrogens with one attached hydrogen (secondary N) is 1. The van der Waals surface area contributed by atoms with Crippen LogP contribution in [0, 0.1) is 5.41 Å². The minimum absolute atomic E-state index is 0.0673. The number of rotatable bonds is 7. The Bertz CT molecular complexity index is 380. The predicted molar refractivity (Wildman–Crippen MR) is 78.1 cm³/mol. The lowest BCUT2D eigenvalue weighted by atomic mass is 9.81. The van der Waals surface area contributed by atoms with Crippen LogP contribution >= 0.6 is 22.9 Å². The van der Waals surface area contributed by atoms with Crippen LogP contribution in [0.15, 0.2) is 12.1 Å². The van der Waals surface area contributed by atoms with Crippen molar-refractivity contribution in [3.63, 3.8) is 0 Å². The average Bonchev–Trinajstić information content (AvgIpc) is 2.78. The highest BCUT2D eigenvalue weighted by molar-refractivity contribution is 7.16. The molecule has 5 heteroatoms. The number of carbonyl (C=O) groups is 1. The van der Waals surface area contributed by atoms with E-state index in [0.29, 0.717) is 13.1 Å². The van der Waals surface area contributed by atoms with Gasteiger partial charge in [0.1, 0.15) is 0 Å². The second-order valence-electron chi connectivity index (χ2n) is 4.40. The summed E-state index contributed by atoms with van der Waals surface area (Å²) in [5, 5.41) is 2.98. The van der Waals surface area contributed by atoms with Gasteiger partial charge in [0.25, 0.3) is 0 Å². The van der Waals surface area contributed by atoms with Crippen LogP contribution in [0.5, 0.6) is 0 Å². The van der Waals surface area contributed by atoms with Crippen LogP contribution in [0.3, 0.4) is 0 Å². The maximum absolute atomic E-state index is 12.1. The molecule has 0 saturated heterocycles. The molecule has 0 fully saturated rings. The zero-order valence-electron chi connectivity index (χ0n) is 11.0. The number of thiophene rings is 1. The summed E-state index contributed by atoms with van der Waals surface area (Å²) in [5.41, 5.74) is 5.33. The fourth-order valence-corrected chi connectivity index (χ4v) is 3.01. The van der Waals surface area contributed by atoms with Gasteiger partial charge >= 0.3 is 0 Å². The van der Waals surface area contributed by atoms with Gasteiger partial charge in [-0.3, -0.25) is 4.79 Å². The average molecular weight is 289 g/mol. The summed E-state index contributed by atoms with van der Waals surface area (Å²) in [6.45, 7) is 5.05. The van der Waals surface area contributed by atoms with E-state index >= 15 is 0 Å². The van der Waals surface area contributed by atoms with Gasteiger partial charge < -0.3 is 11.1 Å². The molecule has 1 heterocycles. The third-order valence-electron chi connectivity index (χ3n) is 3.51. The third kappa shape index (κ3) is 3.70. The molecule has 0 unspecified atom stereocenters. The molecule has 0 bridgehead atoms. The molecule has 3 nitrogen and oxygen atoms in total. The van der Waals surface area contributed by atoms with Crippen LogP contribution in [-0.2, 0) is 11.2 Å². The summed E-state index contributed by atoms with van der Waals surface area (Å²) < 4.78 is 0.787. The maximum atomic E-state index is 12.1. The van der Waals surface area contributed by atoms with E-state index in [1.807, 2.05) is 26.0 Å². The minimum Gasteiger partial charge on any atom is -0.355 e. The van der Waals surface area contributed by atoms with E-state index in [4.69, 9.17) is 17.3 Å². The standard InChI is InChI=1S/C13H21ClN2OS/c1-3-13(4-2,9-15)12(17)16-8-7-10-5-6-11(14)18-10/h5-6H,3-4,7-9,15H2,1-2H3,(H,16,17). The molecule has 0 aliphatic rings. The normalized spacial score (nSPS) is 11.6. The third-order valence-corrected chi connectivity index (χ3v) is 4.80. The molecule has 0 aromatic carbocycles. The summed E-state index contributed by atoms with van der Waals surface area (Å²) in [4.78, 5) is 13.3. The van der Waals surface area contributed by atoms with E-state index < -0.39 is 5.41 Å². The maximum Gasteiger partial charge on any atom is 0.227 e. The van der Waals surface area contributed by atoms with E-state index in [0.717, 1.165) is 23.6 Å². The lowest BCUT2D eigenvalue weighted by Gasteiger charge is -2.28. The molecule has 1 aromatic rings. The minimum atomic E-state index is -0.410. The zero-order valence-corrected chi connectivity index (χ0v) is 12.5. The monoisotopic (exact) mass is 288 g/mol.